The Morgan fingerprint density at radius 3 is 1.83 bits per heavy atom. The molecular formula is C26H22F3NO4Si. The molecule has 0 bridgehead atoms. The first kappa shape index (κ1) is 24.4. The average Bonchev–Trinajstić information content (AvgIpc) is 3.08. The molecule has 0 aliphatic carbocycles. The molecule has 0 aromatic heterocycles. The number of benzene rings is 3. The Balaban J connectivity index is 2.01. The van der Waals surface area contributed by atoms with Gasteiger partial charge in [0.05, 0.1) is 26.3 Å². The molecule has 0 fully saturated rings. The van der Waals surface area contributed by atoms with Crippen LogP contribution >= 0.6 is 0 Å². The van der Waals surface area contributed by atoms with Gasteiger partial charge in [0, 0.05) is 23.2 Å². The first-order valence-corrected chi connectivity index (χ1v) is 13.9. The van der Waals surface area contributed by atoms with Gasteiger partial charge in [-0.1, -0.05) is 60.7 Å². The molecule has 180 valence electrons. The van der Waals surface area contributed by atoms with Crippen molar-refractivity contribution >= 4 is 31.0 Å². The van der Waals surface area contributed by atoms with Gasteiger partial charge in [0.25, 0.3) is 11.8 Å². The first-order valence-electron chi connectivity index (χ1n) is 10.8. The SMILES string of the molecule is COC(=O)C(C(c1c(F)cc(F)cc1F)[Si](C)(C)c1ccccc1)N1C(=O)c2ccccc2C1=O. The zero-order chi connectivity index (χ0) is 25.5. The molecule has 0 saturated carbocycles. The molecule has 9 heteroatoms. The second-order valence-corrected chi connectivity index (χ2v) is 13.5. The van der Waals surface area contributed by atoms with Crippen molar-refractivity contribution in [3.63, 3.8) is 0 Å². The van der Waals surface area contributed by atoms with Crippen LogP contribution in [0.4, 0.5) is 13.2 Å². The van der Waals surface area contributed by atoms with E-state index in [1.807, 2.05) is 0 Å². The fourth-order valence-electron chi connectivity index (χ4n) is 4.78. The van der Waals surface area contributed by atoms with Crippen LogP contribution in [0.5, 0.6) is 0 Å². The van der Waals surface area contributed by atoms with E-state index < -0.39 is 60.5 Å². The Bertz CT molecular complexity index is 1270. The molecule has 4 rings (SSSR count). The normalized spacial score (nSPS) is 15.1. The second-order valence-electron chi connectivity index (χ2n) is 8.84. The predicted molar refractivity (Wildman–Crippen MR) is 125 cm³/mol. The molecule has 35 heavy (non-hydrogen) atoms. The van der Waals surface area contributed by atoms with Crippen LogP contribution in [0.25, 0.3) is 0 Å². The van der Waals surface area contributed by atoms with E-state index in [4.69, 9.17) is 4.74 Å². The third kappa shape index (κ3) is 4.05. The van der Waals surface area contributed by atoms with Gasteiger partial charge in [0.1, 0.15) is 23.5 Å². The molecule has 0 saturated heterocycles. The molecule has 0 N–H and O–H groups in total. The number of ether oxygens (including phenoxy) is 1. The van der Waals surface area contributed by atoms with E-state index in [0.29, 0.717) is 17.3 Å². The number of methoxy groups -OCH3 is 1. The number of carbonyl (C=O) groups excluding carboxylic acids is 3. The van der Waals surface area contributed by atoms with Crippen LogP contribution in [0, 0.1) is 17.5 Å². The van der Waals surface area contributed by atoms with Crippen molar-refractivity contribution < 1.29 is 32.3 Å². The summed E-state index contributed by atoms with van der Waals surface area (Å²) in [5, 5.41) is 0.707. The van der Waals surface area contributed by atoms with Crippen LogP contribution in [0.15, 0.2) is 66.7 Å². The second kappa shape index (κ2) is 9.14. The molecule has 3 aromatic rings. The molecule has 5 nitrogen and oxygen atoms in total. The number of nitrogens with zero attached hydrogens (tertiary/aromatic N) is 1. The largest absolute Gasteiger partial charge is 0.467 e. The van der Waals surface area contributed by atoms with E-state index in [1.165, 1.54) is 12.1 Å². The lowest BCUT2D eigenvalue weighted by atomic mass is 10.0. The minimum absolute atomic E-state index is 0.0735. The molecule has 3 aromatic carbocycles. The highest BCUT2D eigenvalue weighted by atomic mass is 28.3. The summed E-state index contributed by atoms with van der Waals surface area (Å²) in [6, 6.07) is 14.2. The van der Waals surface area contributed by atoms with Crippen molar-refractivity contribution in [2.75, 3.05) is 7.11 Å². The van der Waals surface area contributed by atoms with Crippen LogP contribution in [-0.2, 0) is 9.53 Å². The average molecular weight is 498 g/mol. The van der Waals surface area contributed by atoms with Gasteiger partial charge in [0.2, 0.25) is 0 Å². The molecular weight excluding hydrogens is 475 g/mol. The number of halogens is 3. The number of hydrogen-bond acceptors (Lipinski definition) is 4. The lowest BCUT2D eigenvalue weighted by molar-refractivity contribution is -0.145. The topological polar surface area (TPSA) is 63.7 Å². The third-order valence-corrected chi connectivity index (χ3v) is 10.5. The molecule has 1 heterocycles. The molecule has 1 aliphatic rings. The summed E-state index contributed by atoms with van der Waals surface area (Å²) in [5.41, 5.74) is -1.76. The number of rotatable bonds is 6. The summed E-state index contributed by atoms with van der Waals surface area (Å²) in [6.45, 7) is 3.53. The highest BCUT2D eigenvalue weighted by Crippen LogP contribution is 2.39. The Kier molecular flexibility index (Phi) is 6.37. The van der Waals surface area contributed by atoms with E-state index in [0.717, 1.165) is 12.0 Å². The zero-order valence-electron chi connectivity index (χ0n) is 19.2. The van der Waals surface area contributed by atoms with Crippen molar-refractivity contribution in [2.45, 2.75) is 24.7 Å². The maximum absolute atomic E-state index is 15.3. The molecule has 2 atom stereocenters. The lowest BCUT2D eigenvalue weighted by Crippen LogP contribution is -2.60. The van der Waals surface area contributed by atoms with E-state index in [-0.39, 0.29) is 11.1 Å². The van der Waals surface area contributed by atoms with Crippen LogP contribution in [-0.4, -0.2) is 43.9 Å². The summed E-state index contributed by atoms with van der Waals surface area (Å²) >= 11 is 0. The van der Waals surface area contributed by atoms with Gasteiger partial charge < -0.3 is 4.74 Å². The van der Waals surface area contributed by atoms with Crippen molar-refractivity contribution in [1.82, 2.24) is 4.90 Å². The Morgan fingerprint density at radius 2 is 1.34 bits per heavy atom. The maximum Gasteiger partial charge on any atom is 0.329 e. The van der Waals surface area contributed by atoms with Crippen LogP contribution in [0.1, 0.15) is 31.8 Å². The maximum atomic E-state index is 15.3. The fourth-order valence-corrected chi connectivity index (χ4v) is 8.27. The van der Waals surface area contributed by atoms with Crippen molar-refractivity contribution in [2.24, 2.45) is 0 Å². The Labute approximate surface area is 201 Å². The Morgan fingerprint density at radius 1 is 0.857 bits per heavy atom. The van der Waals surface area contributed by atoms with Gasteiger partial charge in [-0.05, 0) is 12.1 Å². The van der Waals surface area contributed by atoms with Crippen molar-refractivity contribution in [3.8, 4) is 0 Å². The summed E-state index contributed by atoms with van der Waals surface area (Å²) in [4.78, 5) is 40.7. The molecule has 0 radical (unpaired) electrons. The number of imide groups is 1. The predicted octanol–water partition coefficient (Wildman–Crippen LogP) is 4.18. The monoisotopic (exact) mass is 497 g/mol. The van der Waals surface area contributed by atoms with E-state index in [9.17, 15) is 18.8 Å². The van der Waals surface area contributed by atoms with Crippen LogP contribution < -0.4 is 5.19 Å². The standard InChI is InChI=1S/C26H22F3NO4Si/c1-34-26(33)22(30-24(31)17-11-7-8-12-18(17)25(30)32)23(21-19(28)13-15(27)14-20(21)29)35(2,3)16-9-5-4-6-10-16/h4-14,22-23H,1-3H3. The van der Waals surface area contributed by atoms with Gasteiger partial charge in [-0.15, -0.1) is 0 Å². The third-order valence-electron chi connectivity index (χ3n) is 6.51. The van der Waals surface area contributed by atoms with Gasteiger partial charge in [-0.25, -0.2) is 18.0 Å². The van der Waals surface area contributed by atoms with Crippen LogP contribution in [0.2, 0.25) is 13.1 Å². The Hall–Kier alpha value is -3.72. The van der Waals surface area contributed by atoms with Crippen LogP contribution in [0.3, 0.4) is 0 Å². The number of esters is 1. The molecule has 0 spiro atoms. The summed E-state index contributed by atoms with van der Waals surface area (Å²) in [7, 11) is -2.08. The van der Waals surface area contributed by atoms with E-state index >= 15 is 8.78 Å². The molecule has 2 unspecified atom stereocenters. The van der Waals surface area contributed by atoms with Gasteiger partial charge in [0.15, 0.2) is 0 Å². The number of hydrogen-bond donors (Lipinski definition) is 0. The summed E-state index contributed by atoms with van der Waals surface area (Å²) < 4.78 is 49.4. The minimum atomic E-state index is -3.15. The first-order chi connectivity index (χ1) is 16.6. The molecule has 2 amide bonds. The van der Waals surface area contributed by atoms with Gasteiger partial charge >= 0.3 is 5.97 Å². The summed E-state index contributed by atoms with van der Waals surface area (Å²) in [6.07, 6.45) is 0. The van der Waals surface area contributed by atoms with Gasteiger partial charge in [-0.3, -0.25) is 14.5 Å². The minimum Gasteiger partial charge on any atom is -0.467 e. The number of amides is 2. The number of carbonyl (C=O) groups is 3. The van der Waals surface area contributed by atoms with E-state index in [1.54, 1.807) is 55.6 Å². The van der Waals surface area contributed by atoms with E-state index in [2.05, 4.69) is 0 Å². The zero-order valence-corrected chi connectivity index (χ0v) is 20.2. The highest BCUT2D eigenvalue weighted by Gasteiger charge is 2.53. The summed E-state index contributed by atoms with van der Waals surface area (Å²) in [5.74, 6) is -6.11. The van der Waals surface area contributed by atoms with Crippen molar-refractivity contribution in [3.05, 3.63) is 101 Å². The fraction of sp³-hybridized carbons (Fsp3) is 0.192. The highest BCUT2D eigenvalue weighted by molar-refractivity contribution is 6.91. The number of fused-ring (bicyclic) bond motifs is 1. The van der Waals surface area contributed by atoms with Gasteiger partial charge in [-0.2, -0.15) is 0 Å². The molecule has 1 aliphatic heterocycles. The van der Waals surface area contributed by atoms with Crippen molar-refractivity contribution in [1.29, 1.82) is 0 Å². The smallest absolute Gasteiger partial charge is 0.329 e. The lowest BCUT2D eigenvalue weighted by Gasteiger charge is -2.40. The quantitative estimate of drug-likeness (QED) is 0.291.